The summed E-state index contributed by atoms with van der Waals surface area (Å²) < 4.78 is 10.1. The third-order valence-electron chi connectivity index (χ3n) is 3.10. The van der Waals surface area contributed by atoms with Crippen molar-refractivity contribution in [2.24, 2.45) is 0 Å². The molecule has 23 heavy (non-hydrogen) atoms. The molecule has 0 unspecified atom stereocenters. The number of nitro benzene ring substituents is 1. The molecule has 2 aromatic carbocycles. The Morgan fingerprint density at radius 3 is 2.48 bits per heavy atom. The van der Waals surface area contributed by atoms with Crippen LogP contribution in [-0.2, 0) is 11.3 Å². The van der Waals surface area contributed by atoms with E-state index in [4.69, 9.17) is 4.74 Å². The maximum atomic E-state index is 11.3. The Balaban J connectivity index is 2.10. The maximum Gasteiger partial charge on any atom is 0.337 e. The molecule has 0 aliphatic rings. The molecular weight excluding hydrogens is 302 g/mol. The number of ether oxygens (including phenoxy) is 2. The van der Waals surface area contributed by atoms with Gasteiger partial charge in [0.05, 0.1) is 23.2 Å². The van der Waals surface area contributed by atoms with Gasteiger partial charge in [-0.25, -0.2) is 4.79 Å². The fourth-order valence-corrected chi connectivity index (χ4v) is 1.89. The summed E-state index contributed by atoms with van der Waals surface area (Å²) in [5.41, 5.74) is 1.11. The zero-order valence-corrected chi connectivity index (χ0v) is 12.2. The minimum Gasteiger partial charge on any atom is -0.488 e. The molecule has 0 N–H and O–H groups in total. The topological polar surface area (TPSA) is 95.7 Å². The number of methoxy groups -OCH3 is 1. The van der Waals surface area contributed by atoms with E-state index < -0.39 is 10.9 Å². The Bertz CT molecular complexity index is 739. The monoisotopic (exact) mass is 315 g/mol. The summed E-state index contributed by atoms with van der Waals surface area (Å²) >= 11 is 0. The molecule has 0 heterocycles. The van der Waals surface area contributed by atoms with Gasteiger partial charge in [0.25, 0.3) is 5.69 Å². The summed E-state index contributed by atoms with van der Waals surface area (Å²) in [6, 6.07) is 10.4. The average molecular weight is 315 g/mol. The summed E-state index contributed by atoms with van der Waals surface area (Å²) in [5.74, 6) is -0.182. The minimum atomic E-state index is -0.581. The lowest BCUT2D eigenvalue weighted by atomic mass is 10.1. The Labute approximate surface area is 131 Å². The smallest absolute Gasteiger partial charge is 0.337 e. The highest BCUT2D eigenvalue weighted by Gasteiger charge is 2.11. The molecule has 0 spiro atoms. The standard InChI is InChI=1S/C16H13NO6/c1-22-16(19)12-4-2-11(3-5-12)10-23-15-7-6-14(17(20)21)8-13(15)9-18/h2-9H,10H2,1H3. The molecule has 0 fully saturated rings. The first-order valence-corrected chi connectivity index (χ1v) is 6.59. The van der Waals surface area contributed by atoms with Crippen LogP contribution in [0.5, 0.6) is 5.75 Å². The highest BCUT2D eigenvalue weighted by atomic mass is 16.6. The van der Waals surface area contributed by atoms with Gasteiger partial charge in [0, 0.05) is 12.1 Å². The van der Waals surface area contributed by atoms with Crippen LogP contribution in [0.15, 0.2) is 42.5 Å². The molecule has 7 nitrogen and oxygen atoms in total. The number of aldehydes is 1. The number of esters is 1. The summed E-state index contributed by atoms with van der Waals surface area (Å²) in [4.78, 5) is 32.4. The van der Waals surface area contributed by atoms with E-state index in [2.05, 4.69) is 4.74 Å². The normalized spacial score (nSPS) is 9.96. The molecule has 0 aromatic heterocycles. The molecule has 2 rings (SSSR count). The van der Waals surface area contributed by atoms with Gasteiger partial charge >= 0.3 is 5.97 Å². The highest BCUT2D eigenvalue weighted by molar-refractivity contribution is 5.89. The number of nitro groups is 1. The van der Waals surface area contributed by atoms with E-state index >= 15 is 0 Å². The van der Waals surface area contributed by atoms with E-state index in [1.165, 1.54) is 19.2 Å². The van der Waals surface area contributed by atoms with Gasteiger partial charge < -0.3 is 9.47 Å². The van der Waals surface area contributed by atoms with E-state index in [1.54, 1.807) is 24.3 Å². The van der Waals surface area contributed by atoms with Crippen molar-refractivity contribution in [3.63, 3.8) is 0 Å². The van der Waals surface area contributed by atoms with E-state index in [-0.39, 0.29) is 23.6 Å². The third-order valence-corrected chi connectivity index (χ3v) is 3.10. The number of hydrogen-bond acceptors (Lipinski definition) is 6. The van der Waals surface area contributed by atoms with Crippen LogP contribution in [0.4, 0.5) is 5.69 Å². The Morgan fingerprint density at radius 2 is 1.91 bits per heavy atom. The van der Waals surface area contributed by atoms with Crippen molar-refractivity contribution in [2.45, 2.75) is 6.61 Å². The number of nitrogens with zero attached hydrogens (tertiary/aromatic N) is 1. The van der Waals surface area contributed by atoms with Crippen molar-refractivity contribution in [1.82, 2.24) is 0 Å². The lowest BCUT2D eigenvalue weighted by molar-refractivity contribution is -0.384. The van der Waals surface area contributed by atoms with Gasteiger partial charge in [0.15, 0.2) is 6.29 Å². The number of rotatable bonds is 6. The van der Waals surface area contributed by atoms with Crippen molar-refractivity contribution in [3.05, 3.63) is 69.3 Å². The van der Waals surface area contributed by atoms with Gasteiger partial charge in [0.2, 0.25) is 0 Å². The average Bonchev–Trinajstić information content (AvgIpc) is 2.59. The third kappa shape index (κ3) is 3.91. The number of benzene rings is 2. The zero-order chi connectivity index (χ0) is 16.8. The molecular formula is C16H13NO6. The lowest BCUT2D eigenvalue weighted by Crippen LogP contribution is -2.02. The van der Waals surface area contributed by atoms with Crippen LogP contribution in [0.3, 0.4) is 0 Å². The van der Waals surface area contributed by atoms with Gasteiger partial charge in [-0.05, 0) is 23.8 Å². The zero-order valence-electron chi connectivity index (χ0n) is 12.2. The Kier molecular flexibility index (Phi) is 5.03. The minimum absolute atomic E-state index is 0.102. The first-order chi connectivity index (χ1) is 11.0. The van der Waals surface area contributed by atoms with Crippen molar-refractivity contribution >= 4 is 17.9 Å². The van der Waals surface area contributed by atoms with Crippen LogP contribution in [-0.4, -0.2) is 24.3 Å². The van der Waals surface area contributed by atoms with Crippen molar-refractivity contribution < 1.29 is 24.0 Å². The fraction of sp³-hybridized carbons (Fsp3) is 0.125. The van der Waals surface area contributed by atoms with Crippen LogP contribution >= 0.6 is 0 Å². The Hall–Kier alpha value is -3.22. The second-order valence-electron chi connectivity index (χ2n) is 4.57. The van der Waals surface area contributed by atoms with Gasteiger partial charge in [0.1, 0.15) is 12.4 Å². The fourth-order valence-electron chi connectivity index (χ4n) is 1.89. The number of carbonyl (C=O) groups excluding carboxylic acids is 2. The van der Waals surface area contributed by atoms with Crippen LogP contribution < -0.4 is 4.74 Å². The molecule has 0 radical (unpaired) electrons. The molecule has 0 atom stereocenters. The van der Waals surface area contributed by atoms with Crippen molar-refractivity contribution in [1.29, 1.82) is 0 Å². The first kappa shape index (κ1) is 16.2. The molecule has 0 aliphatic carbocycles. The largest absolute Gasteiger partial charge is 0.488 e. The van der Waals surface area contributed by atoms with Gasteiger partial charge in [-0.15, -0.1) is 0 Å². The van der Waals surface area contributed by atoms with Crippen LogP contribution in [0.1, 0.15) is 26.3 Å². The van der Waals surface area contributed by atoms with E-state index in [1.807, 2.05) is 0 Å². The number of hydrogen-bond donors (Lipinski definition) is 0. The van der Waals surface area contributed by atoms with E-state index in [9.17, 15) is 19.7 Å². The maximum absolute atomic E-state index is 11.3. The first-order valence-electron chi connectivity index (χ1n) is 6.59. The molecule has 7 heteroatoms. The molecule has 0 aliphatic heterocycles. The SMILES string of the molecule is COC(=O)c1ccc(COc2ccc([N+](=O)[O-])cc2C=O)cc1. The van der Waals surface area contributed by atoms with E-state index in [0.717, 1.165) is 11.6 Å². The van der Waals surface area contributed by atoms with Gasteiger partial charge in [-0.2, -0.15) is 0 Å². The predicted octanol–water partition coefficient (Wildman–Crippen LogP) is 2.77. The number of carbonyl (C=O) groups is 2. The molecule has 0 saturated carbocycles. The van der Waals surface area contributed by atoms with E-state index in [0.29, 0.717) is 11.8 Å². The molecule has 0 bridgehead atoms. The molecule has 0 amide bonds. The van der Waals surface area contributed by atoms with Crippen molar-refractivity contribution in [3.8, 4) is 5.75 Å². The number of non-ortho nitro benzene ring substituents is 1. The molecule has 0 saturated heterocycles. The van der Waals surface area contributed by atoms with Crippen LogP contribution in [0.25, 0.3) is 0 Å². The second-order valence-corrected chi connectivity index (χ2v) is 4.57. The molecule has 2 aromatic rings. The highest BCUT2D eigenvalue weighted by Crippen LogP contribution is 2.23. The summed E-state index contributed by atoms with van der Waals surface area (Å²) in [7, 11) is 1.30. The summed E-state index contributed by atoms with van der Waals surface area (Å²) in [6.45, 7) is 0.153. The van der Waals surface area contributed by atoms with Gasteiger partial charge in [-0.1, -0.05) is 12.1 Å². The van der Waals surface area contributed by atoms with Crippen molar-refractivity contribution in [2.75, 3.05) is 7.11 Å². The second kappa shape index (κ2) is 7.17. The Morgan fingerprint density at radius 1 is 1.22 bits per heavy atom. The van der Waals surface area contributed by atoms with Crippen LogP contribution in [0.2, 0.25) is 0 Å². The predicted molar refractivity (Wildman–Crippen MR) is 80.6 cm³/mol. The van der Waals surface area contributed by atoms with Crippen LogP contribution in [0, 0.1) is 10.1 Å². The quantitative estimate of drug-likeness (QED) is 0.352. The van der Waals surface area contributed by atoms with Gasteiger partial charge in [-0.3, -0.25) is 14.9 Å². The molecule has 118 valence electrons. The summed E-state index contributed by atoms with van der Waals surface area (Å²) in [6.07, 6.45) is 0.503. The lowest BCUT2D eigenvalue weighted by Gasteiger charge is -2.09. The summed E-state index contributed by atoms with van der Waals surface area (Å²) in [5, 5.41) is 10.7.